The van der Waals surface area contributed by atoms with Gasteiger partial charge in [0.05, 0.1) is 11.3 Å². The number of rotatable bonds is 2. The third kappa shape index (κ3) is 3.20. The van der Waals surface area contributed by atoms with Crippen LogP contribution in [0.15, 0.2) is 52.6 Å². The lowest BCUT2D eigenvalue weighted by molar-refractivity contribution is -0.112. The molecule has 1 N–H and O–H groups in total. The summed E-state index contributed by atoms with van der Waals surface area (Å²) in [6, 6.07) is 6.77. The SMILES string of the molecule is O=C(Nc1ccc(Cl)cc1)C1=CN2CCS(=O)(=O)N=C2C=C1. The van der Waals surface area contributed by atoms with Gasteiger partial charge in [-0.3, -0.25) is 4.79 Å². The molecule has 8 heteroatoms. The van der Waals surface area contributed by atoms with Crippen molar-refractivity contribution in [3.05, 3.63) is 53.2 Å². The third-order valence-corrected chi connectivity index (χ3v) is 4.60. The molecule has 0 aromatic heterocycles. The van der Waals surface area contributed by atoms with Crippen LogP contribution in [0.25, 0.3) is 0 Å². The number of carbonyl (C=O) groups excluding carboxylic acids is 1. The maximum Gasteiger partial charge on any atom is 0.257 e. The molecule has 114 valence electrons. The summed E-state index contributed by atoms with van der Waals surface area (Å²) in [5, 5.41) is 3.34. The summed E-state index contributed by atoms with van der Waals surface area (Å²) < 4.78 is 26.5. The molecule has 1 aromatic carbocycles. The van der Waals surface area contributed by atoms with Crippen molar-refractivity contribution in [2.24, 2.45) is 4.40 Å². The number of benzene rings is 1. The Morgan fingerprint density at radius 3 is 2.68 bits per heavy atom. The Hall–Kier alpha value is -2.12. The molecular formula is C14H12ClN3O3S. The topological polar surface area (TPSA) is 78.8 Å². The minimum absolute atomic E-state index is 0.0626. The second-order valence-corrected chi connectivity index (χ2v) is 7.00. The van der Waals surface area contributed by atoms with E-state index in [4.69, 9.17) is 11.6 Å². The second kappa shape index (κ2) is 5.58. The van der Waals surface area contributed by atoms with Gasteiger partial charge in [-0.1, -0.05) is 11.6 Å². The first-order valence-corrected chi connectivity index (χ1v) is 8.48. The first-order chi connectivity index (χ1) is 10.4. The van der Waals surface area contributed by atoms with Crippen LogP contribution in [0, 0.1) is 0 Å². The molecular weight excluding hydrogens is 326 g/mol. The van der Waals surface area contributed by atoms with Gasteiger partial charge in [-0.05, 0) is 36.4 Å². The average Bonchev–Trinajstić information content (AvgIpc) is 2.48. The van der Waals surface area contributed by atoms with Gasteiger partial charge in [-0.2, -0.15) is 0 Å². The quantitative estimate of drug-likeness (QED) is 0.892. The van der Waals surface area contributed by atoms with E-state index in [1.807, 2.05) is 0 Å². The number of amides is 1. The van der Waals surface area contributed by atoms with Crippen LogP contribution in [0.4, 0.5) is 5.69 Å². The Bertz CT molecular complexity index is 810. The molecule has 22 heavy (non-hydrogen) atoms. The Morgan fingerprint density at radius 2 is 1.95 bits per heavy atom. The predicted octanol–water partition coefficient (Wildman–Crippen LogP) is 1.78. The van der Waals surface area contributed by atoms with Gasteiger partial charge in [-0.25, -0.2) is 8.42 Å². The summed E-state index contributed by atoms with van der Waals surface area (Å²) in [6.07, 6.45) is 4.66. The van der Waals surface area contributed by atoms with Crippen LogP contribution in [0.3, 0.4) is 0 Å². The van der Waals surface area contributed by atoms with Gasteiger partial charge in [0.25, 0.3) is 15.9 Å². The summed E-state index contributed by atoms with van der Waals surface area (Å²) in [5.41, 5.74) is 1.05. The number of fused-ring (bicyclic) bond motifs is 1. The predicted molar refractivity (Wildman–Crippen MR) is 85.2 cm³/mol. The van der Waals surface area contributed by atoms with E-state index in [9.17, 15) is 13.2 Å². The Balaban J connectivity index is 1.77. The maximum atomic E-state index is 12.2. The molecule has 2 aliphatic rings. The summed E-state index contributed by atoms with van der Waals surface area (Å²) in [6.45, 7) is 0.281. The molecule has 0 saturated heterocycles. The first-order valence-electron chi connectivity index (χ1n) is 6.49. The number of anilines is 1. The lowest BCUT2D eigenvalue weighted by Gasteiger charge is -2.26. The molecule has 0 aliphatic carbocycles. The molecule has 0 spiro atoms. The van der Waals surface area contributed by atoms with E-state index in [0.717, 1.165) is 0 Å². The van der Waals surface area contributed by atoms with E-state index in [0.29, 0.717) is 22.1 Å². The number of hydrogen-bond donors (Lipinski definition) is 1. The van der Waals surface area contributed by atoms with Gasteiger partial charge in [0, 0.05) is 23.5 Å². The van der Waals surface area contributed by atoms with Crippen LogP contribution in [0.2, 0.25) is 5.02 Å². The average molecular weight is 338 g/mol. The zero-order valence-electron chi connectivity index (χ0n) is 11.4. The highest BCUT2D eigenvalue weighted by Crippen LogP contribution is 2.18. The van der Waals surface area contributed by atoms with Crippen molar-refractivity contribution in [2.45, 2.75) is 0 Å². The Labute approximate surface area is 132 Å². The van der Waals surface area contributed by atoms with Gasteiger partial charge in [-0.15, -0.1) is 4.40 Å². The molecule has 3 rings (SSSR count). The van der Waals surface area contributed by atoms with E-state index < -0.39 is 10.0 Å². The van der Waals surface area contributed by atoms with Gasteiger partial charge in [0.1, 0.15) is 5.84 Å². The zero-order chi connectivity index (χ0) is 15.7. The number of nitrogens with one attached hydrogen (secondary N) is 1. The molecule has 1 aromatic rings. The highest BCUT2D eigenvalue weighted by molar-refractivity contribution is 7.90. The molecule has 0 radical (unpaired) electrons. The number of sulfonamides is 1. The monoisotopic (exact) mass is 337 g/mol. The van der Waals surface area contributed by atoms with Crippen LogP contribution in [-0.4, -0.2) is 37.4 Å². The van der Waals surface area contributed by atoms with E-state index in [-0.39, 0.29) is 18.2 Å². The van der Waals surface area contributed by atoms with Gasteiger partial charge in [0.2, 0.25) is 0 Å². The second-order valence-electron chi connectivity index (χ2n) is 4.81. The van der Waals surface area contributed by atoms with Crippen molar-refractivity contribution < 1.29 is 13.2 Å². The van der Waals surface area contributed by atoms with Crippen molar-refractivity contribution in [1.29, 1.82) is 0 Å². The zero-order valence-corrected chi connectivity index (χ0v) is 12.9. The van der Waals surface area contributed by atoms with E-state index >= 15 is 0 Å². The maximum absolute atomic E-state index is 12.2. The van der Waals surface area contributed by atoms with Crippen LogP contribution in [0.5, 0.6) is 0 Å². The Morgan fingerprint density at radius 1 is 1.23 bits per heavy atom. The van der Waals surface area contributed by atoms with Crippen LogP contribution in [-0.2, 0) is 14.8 Å². The fraction of sp³-hybridized carbons (Fsp3) is 0.143. The molecule has 0 bridgehead atoms. The van der Waals surface area contributed by atoms with Crippen LogP contribution in [0.1, 0.15) is 0 Å². The summed E-state index contributed by atoms with van der Waals surface area (Å²) >= 11 is 5.79. The van der Waals surface area contributed by atoms with Crippen LogP contribution < -0.4 is 5.32 Å². The van der Waals surface area contributed by atoms with Crippen LogP contribution >= 0.6 is 11.6 Å². The number of halogens is 1. The van der Waals surface area contributed by atoms with Crippen molar-refractivity contribution >= 4 is 39.1 Å². The smallest absolute Gasteiger partial charge is 0.257 e. The third-order valence-electron chi connectivity index (χ3n) is 3.19. The molecule has 2 aliphatic heterocycles. The van der Waals surface area contributed by atoms with Gasteiger partial charge < -0.3 is 10.2 Å². The minimum Gasteiger partial charge on any atom is -0.330 e. The van der Waals surface area contributed by atoms with Gasteiger partial charge >= 0.3 is 0 Å². The fourth-order valence-corrected chi connectivity index (χ4v) is 3.17. The highest BCUT2D eigenvalue weighted by Gasteiger charge is 2.24. The minimum atomic E-state index is -3.39. The van der Waals surface area contributed by atoms with E-state index in [1.165, 1.54) is 6.08 Å². The molecule has 0 unspecified atom stereocenters. The van der Waals surface area contributed by atoms with E-state index in [1.54, 1.807) is 41.4 Å². The largest absolute Gasteiger partial charge is 0.330 e. The van der Waals surface area contributed by atoms with Gasteiger partial charge in [0.15, 0.2) is 0 Å². The number of nitrogens with zero attached hydrogens (tertiary/aromatic N) is 2. The first kappa shape index (κ1) is 14.8. The van der Waals surface area contributed by atoms with Crippen molar-refractivity contribution in [3.63, 3.8) is 0 Å². The molecule has 0 fully saturated rings. The number of carbonyl (C=O) groups is 1. The Kier molecular flexibility index (Phi) is 3.76. The normalized spacial score (nSPS) is 19.0. The standard InChI is InChI=1S/C14H12ClN3O3S/c15-11-2-4-12(5-3-11)16-14(19)10-1-6-13-17-22(20,21)8-7-18(13)9-10/h1-6,9H,7-8H2,(H,16,19). The van der Waals surface area contributed by atoms with Crippen molar-refractivity contribution in [3.8, 4) is 0 Å². The summed E-state index contributed by atoms with van der Waals surface area (Å²) in [4.78, 5) is 13.9. The van der Waals surface area contributed by atoms with Crippen molar-refractivity contribution in [1.82, 2.24) is 4.90 Å². The summed E-state index contributed by atoms with van der Waals surface area (Å²) in [5.74, 6) is -0.0206. The summed E-state index contributed by atoms with van der Waals surface area (Å²) in [7, 11) is -3.39. The van der Waals surface area contributed by atoms with Crippen molar-refractivity contribution in [2.75, 3.05) is 17.6 Å². The fourth-order valence-electron chi connectivity index (χ4n) is 2.07. The number of amidine groups is 1. The number of hydrogen-bond acceptors (Lipinski definition) is 4. The lowest BCUT2D eigenvalue weighted by Crippen LogP contribution is -2.37. The molecule has 6 nitrogen and oxygen atoms in total. The lowest BCUT2D eigenvalue weighted by atomic mass is 10.1. The highest BCUT2D eigenvalue weighted by atomic mass is 35.5. The van der Waals surface area contributed by atoms with E-state index in [2.05, 4.69) is 9.71 Å². The molecule has 1 amide bonds. The molecule has 2 heterocycles. The molecule has 0 saturated carbocycles. The molecule has 0 atom stereocenters.